The highest BCUT2D eigenvalue weighted by molar-refractivity contribution is 5.92. The van der Waals surface area contributed by atoms with Gasteiger partial charge in [-0.3, -0.25) is 9.59 Å². The first-order chi connectivity index (χ1) is 14.8. The van der Waals surface area contributed by atoms with Crippen LogP contribution in [0, 0.1) is 13.8 Å². The molecule has 7 heteroatoms. The molecule has 0 aliphatic heterocycles. The van der Waals surface area contributed by atoms with Crippen molar-refractivity contribution in [3.8, 4) is 5.75 Å². The summed E-state index contributed by atoms with van der Waals surface area (Å²) in [6, 6.07) is 12.4. The Morgan fingerprint density at radius 1 is 1.06 bits per heavy atom. The summed E-state index contributed by atoms with van der Waals surface area (Å²) in [6.45, 7) is 7.37. The number of pyridine rings is 1. The zero-order chi connectivity index (χ0) is 22.5. The number of ether oxygens (including phenoxy) is 2. The van der Waals surface area contributed by atoms with Gasteiger partial charge in [0.2, 0.25) is 5.91 Å². The summed E-state index contributed by atoms with van der Waals surface area (Å²) in [5.41, 5.74) is 2.47. The van der Waals surface area contributed by atoms with E-state index in [2.05, 4.69) is 5.32 Å². The fourth-order valence-corrected chi connectivity index (χ4v) is 3.25. The third kappa shape index (κ3) is 4.94. The van der Waals surface area contributed by atoms with E-state index in [0.29, 0.717) is 16.5 Å². The number of aromatic nitrogens is 1. The molecule has 0 unspecified atom stereocenters. The number of benzene rings is 2. The van der Waals surface area contributed by atoms with Crippen LogP contribution in [0.25, 0.3) is 10.8 Å². The van der Waals surface area contributed by atoms with Crippen molar-refractivity contribution in [3.63, 3.8) is 0 Å². The van der Waals surface area contributed by atoms with Crippen molar-refractivity contribution in [2.75, 3.05) is 11.9 Å². The lowest BCUT2D eigenvalue weighted by Crippen LogP contribution is -2.28. The van der Waals surface area contributed by atoms with Crippen LogP contribution in [-0.4, -0.2) is 29.2 Å². The number of carbonyl (C=O) groups excluding carboxylic acids is 2. The van der Waals surface area contributed by atoms with E-state index in [0.717, 1.165) is 16.8 Å². The van der Waals surface area contributed by atoms with Crippen molar-refractivity contribution >= 4 is 28.3 Å². The number of nitrogens with one attached hydrogen (secondary N) is 1. The summed E-state index contributed by atoms with van der Waals surface area (Å²) in [7, 11) is 0. The zero-order valence-corrected chi connectivity index (χ0v) is 18.1. The van der Waals surface area contributed by atoms with Crippen LogP contribution in [-0.2, 0) is 20.9 Å². The number of esters is 1. The summed E-state index contributed by atoms with van der Waals surface area (Å²) >= 11 is 0. The largest absolute Gasteiger partial charge is 0.478 e. The Labute approximate surface area is 180 Å². The van der Waals surface area contributed by atoms with Crippen molar-refractivity contribution in [3.05, 3.63) is 70.1 Å². The Hall–Kier alpha value is -3.61. The average Bonchev–Trinajstić information content (AvgIpc) is 2.74. The normalized spacial score (nSPS) is 11.7. The number of fused-ring (bicyclic) bond motifs is 1. The second-order valence-corrected chi connectivity index (χ2v) is 7.27. The third-order valence-electron chi connectivity index (χ3n) is 5.09. The van der Waals surface area contributed by atoms with E-state index in [4.69, 9.17) is 9.47 Å². The fraction of sp³-hybridized carbons (Fsp3) is 0.292. The van der Waals surface area contributed by atoms with Gasteiger partial charge in [-0.05, 0) is 63.1 Å². The molecule has 0 bridgehead atoms. The van der Waals surface area contributed by atoms with Crippen LogP contribution in [0.15, 0.2) is 53.5 Å². The lowest BCUT2D eigenvalue weighted by Gasteiger charge is -2.16. The molecule has 2 aromatic carbocycles. The molecule has 31 heavy (non-hydrogen) atoms. The molecule has 0 fully saturated rings. The van der Waals surface area contributed by atoms with E-state index in [1.54, 1.807) is 44.3 Å². The molecular formula is C24H26N2O5. The van der Waals surface area contributed by atoms with Gasteiger partial charge in [0.05, 0.1) is 12.0 Å². The van der Waals surface area contributed by atoms with Crippen LogP contribution in [0.2, 0.25) is 0 Å². The minimum Gasteiger partial charge on any atom is -0.478 e. The van der Waals surface area contributed by atoms with Gasteiger partial charge in [-0.25, -0.2) is 4.79 Å². The van der Waals surface area contributed by atoms with Crippen molar-refractivity contribution in [1.29, 1.82) is 0 Å². The maximum absolute atomic E-state index is 12.9. The van der Waals surface area contributed by atoms with Gasteiger partial charge in [-0.15, -0.1) is 0 Å². The quantitative estimate of drug-likeness (QED) is 0.588. The number of hydrogen-bond acceptors (Lipinski definition) is 5. The first-order valence-electron chi connectivity index (χ1n) is 10.1. The van der Waals surface area contributed by atoms with E-state index in [1.807, 2.05) is 32.0 Å². The molecule has 1 aromatic heterocycles. The lowest BCUT2D eigenvalue weighted by atomic mass is 10.1. The minimum absolute atomic E-state index is 0.119. The Balaban J connectivity index is 1.83. The topological polar surface area (TPSA) is 86.6 Å². The summed E-state index contributed by atoms with van der Waals surface area (Å²) in [4.78, 5) is 37.3. The fourth-order valence-electron chi connectivity index (χ4n) is 3.25. The maximum Gasteiger partial charge on any atom is 0.347 e. The Morgan fingerprint density at radius 2 is 1.81 bits per heavy atom. The molecule has 0 aliphatic carbocycles. The number of rotatable bonds is 7. The van der Waals surface area contributed by atoms with Crippen molar-refractivity contribution in [2.24, 2.45) is 0 Å². The summed E-state index contributed by atoms with van der Waals surface area (Å²) in [5.74, 6) is -0.364. The van der Waals surface area contributed by atoms with Gasteiger partial charge in [0.1, 0.15) is 12.3 Å². The van der Waals surface area contributed by atoms with Gasteiger partial charge in [-0.1, -0.05) is 18.2 Å². The lowest BCUT2D eigenvalue weighted by molar-refractivity contribution is -0.150. The van der Waals surface area contributed by atoms with E-state index in [-0.39, 0.29) is 24.6 Å². The minimum atomic E-state index is -0.809. The Kier molecular flexibility index (Phi) is 6.74. The highest BCUT2D eigenvalue weighted by Gasteiger charge is 2.18. The Bertz CT molecular complexity index is 1180. The summed E-state index contributed by atoms with van der Waals surface area (Å²) in [5, 5.41) is 3.83. The van der Waals surface area contributed by atoms with Gasteiger partial charge in [0.25, 0.3) is 5.56 Å². The molecule has 3 rings (SSSR count). The number of aryl methyl sites for hydroxylation is 1. The molecule has 0 radical (unpaired) electrons. The zero-order valence-electron chi connectivity index (χ0n) is 18.1. The molecule has 1 amide bonds. The van der Waals surface area contributed by atoms with Crippen LogP contribution in [0.5, 0.6) is 5.75 Å². The third-order valence-corrected chi connectivity index (χ3v) is 5.09. The van der Waals surface area contributed by atoms with Gasteiger partial charge in [0, 0.05) is 17.3 Å². The van der Waals surface area contributed by atoms with Crippen LogP contribution >= 0.6 is 0 Å². The SMILES string of the molecule is CCOC(=O)[C@@H](C)Oc1cccc2c(=O)n(CC(=O)Nc3cccc(C)c3C)ccc12. The molecule has 1 heterocycles. The van der Waals surface area contributed by atoms with E-state index in [1.165, 1.54) is 4.57 Å². The number of amides is 1. The first-order valence-corrected chi connectivity index (χ1v) is 10.1. The molecule has 0 saturated carbocycles. The number of carbonyl (C=O) groups is 2. The molecule has 0 spiro atoms. The second kappa shape index (κ2) is 9.47. The highest BCUT2D eigenvalue weighted by atomic mass is 16.6. The second-order valence-electron chi connectivity index (χ2n) is 7.27. The van der Waals surface area contributed by atoms with E-state index < -0.39 is 12.1 Å². The summed E-state index contributed by atoms with van der Waals surface area (Å²) < 4.78 is 12.0. The predicted molar refractivity (Wildman–Crippen MR) is 119 cm³/mol. The van der Waals surface area contributed by atoms with Gasteiger partial charge >= 0.3 is 5.97 Å². The number of anilines is 1. The Morgan fingerprint density at radius 3 is 2.55 bits per heavy atom. The summed E-state index contributed by atoms with van der Waals surface area (Å²) in [6.07, 6.45) is 0.742. The van der Waals surface area contributed by atoms with Gasteiger partial charge < -0.3 is 19.4 Å². The van der Waals surface area contributed by atoms with Crippen molar-refractivity contribution < 1.29 is 19.1 Å². The van der Waals surface area contributed by atoms with Crippen molar-refractivity contribution in [2.45, 2.75) is 40.3 Å². The molecule has 1 N–H and O–H groups in total. The molecule has 162 valence electrons. The maximum atomic E-state index is 12.9. The van der Waals surface area contributed by atoms with Crippen LogP contribution in [0.3, 0.4) is 0 Å². The molecule has 3 aromatic rings. The van der Waals surface area contributed by atoms with Crippen molar-refractivity contribution in [1.82, 2.24) is 4.57 Å². The molecular weight excluding hydrogens is 396 g/mol. The van der Waals surface area contributed by atoms with Crippen LogP contribution < -0.4 is 15.6 Å². The predicted octanol–water partition coefficient (Wildman–Crippen LogP) is 3.59. The molecule has 1 atom stereocenters. The number of hydrogen-bond donors (Lipinski definition) is 1. The first kappa shape index (κ1) is 22.1. The van der Waals surface area contributed by atoms with Crippen LogP contribution in [0.4, 0.5) is 5.69 Å². The van der Waals surface area contributed by atoms with Gasteiger partial charge in [0.15, 0.2) is 6.10 Å². The van der Waals surface area contributed by atoms with Gasteiger partial charge in [-0.2, -0.15) is 0 Å². The van der Waals surface area contributed by atoms with Crippen LogP contribution in [0.1, 0.15) is 25.0 Å². The van der Waals surface area contributed by atoms with E-state index in [9.17, 15) is 14.4 Å². The average molecular weight is 422 g/mol. The molecule has 0 saturated heterocycles. The highest BCUT2D eigenvalue weighted by Crippen LogP contribution is 2.24. The molecule has 0 aliphatic rings. The monoisotopic (exact) mass is 422 g/mol. The molecule has 7 nitrogen and oxygen atoms in total. The standard InChI is InChI=1S/C24H26N2O5/c1-5-30-24(29)17(4)31-21-11-7-9-19-18(21)12-13-26(23(19)28)14-22(27)25-20-10-6-8-15(2)16(20)3/h6-13,17H,5,14H2,1-4H3,(H,25,27)/t17-/m1/s1. The number of nitrogens with zero attached hydrogens (tertiary/aromatic N) is 1. The van der Waals surface area contributed by atoms with E-state index >= 15 is 0 Å². The smallest absolute Gasteiger partial charge is 0.347 e.